The van der Waals surface area contributed by atoms with E-state index in [2.05, 4.69) is 5.32 Å². The standard InChI is InChI=1S/C16H22FN3O3/c1-23-16-10-14(12(17)9-15(16)20(21)22)19-7-4-11(5-8-19)13-3-2-6-18-13/h9-11,13,18H,2-8H2,1H3. The molecule has 2 aliphatic rings. The summed E-state index contributed by atoms with van der Waals surface area (Å²) in [5.41, 5.74) is 0.0593. The van der Waals surface area contributed by atoms with Gasteiger partial charge in [0.1, 0.15) is 0 Å². The zero-order valence-corrected chi connectivity index (χ0v) is 13.3. The summed E-state index contributed by atoms with van der Waals surface area (Å²) in [6.07, 6.45) is 4.48. The number of halogens is 1. The fraction of sp³-hybridized carbons (Fsp3) is 0.625. The molecule has 2 fully saturated rings. The largest absolute Gasteiger partial charge is 0.490 e. The zero-order chi connectivity index (χ0) is 16.4. The first-order valence-corrected chi connectivity index (χ1v) is 8.10. The molecule has 0 amide bonds. The maximum Gasteiger partial charge on any atom is 0.313 e. The van der Waals surface area contributed by atoms with Gasteiger partial charge in [0, 0.05) is 25.2 Å². The lowest BCUT2D eigenvalue weighted by molar-refractivity contribution is -0.385. The smallest absolute Gasteiger partial charge is 0.313 e. The van der Waals surface area contributed by atoms with Crippen LogP contribution in [0.5, 0.6) is 5.75 Å². The fourth-order valence-corrected chi connectivity index (χ4v) is 3.74. The topological polar surface area (TPSA) is 67.6 Å². The number of nitro benzene ring substituents is 1. The molecule has 0 saturated carbocycles. The van der Waals surface area contributed by atoms with E-state index in [1.807, 2.05) is 4.90 Å². The SMILES string of the molecule is COc1cc(N2CCC(C3CCCN3)CC2)c(F)cc1[N+](=O)[O-]. The van der Waals surface area contributed by atoms with Crippen LogP contribution >= 0.6 is 0 Å². The van der Waals surface area contributed by atoms with Crippen LogP contribution in [0.25, 0.3) is 0 Å². The molecule has 1 unspecified atom stereocenters. The molecule has 0 bridgehead atoms. The summed E-state index contributed by atoms with van der Waals surface area (Å²) >= 11 is 0. The lowest BCUT2D eigenvalue weighted by atomic mass is 9.88. The van der Waals surface area contributed by atoms with Crippen LogP contribution in [-0.2, 0) is 0 Å². The van der Waals surface area contributed by atoms with Gasteiger partial charge in [-0.15, -0.1) is 0 Å². The minimum absolute atomic E-state index is 0.103. The second kappa shape index (κ2) is 6.70. The van der Waals surface area contributed by atoms with Gasteiger partial charge in [-0.3, -0.25) is 10.1 Å². The minimum Gasteiger partial charge on any atom is -0.490 e. The molecule has 0 radical (unpaired) electrons. The Bertz CT molecular complexity index is 582. The van der Waals surface area contributed by atoms with Crippen molar-refractivity contribution in [3.05, 3.63) is 28.1 Å². The van der Waals surface area contributed by atoms with E-state index in [0.717, 1.165) is 38.5 Å². The predicted molar refractivity (Wildman–Crippen MR) is 85.6 cm³/mol. The van der Waals surface area contributed by atoms with Crippen molar-refractivity contribution in [2.24, 2.45) is 5.92 Å². The number of anilines is 1. The number of hydrogen-bond acceptors (Lipinski definition) is 5. The van der Waals surface area contributed by atoms with Crippen LogP contribution in [-0.4, -0.2) is 37.7 Å². The molecule has 1 atom stereocenters. The van der Waals surface area contributed by atoms with Crippen molar-refractivity contribution >= 4 is 11.4 Å². The molecule has 1 N–H and O–H groups in total. The average Bonchev–Trinajstić information content (AvgIpc) is 3.09. The highest BCUT2D eigenvalue weighted by Crippen LogP contribution is 2.36. The minimum atomic E-state index is -0.621. The molecule has 2 saturated heterocycles. The molecule has 2 heterocycles. The average molecular weight is 323 g/mol. The Morgan fingerprint density at radius 1 is 1.35 bits per heavy atom. The summed E-state index contributed by atoms with van der Waals surface area (Å²) in [7, 11) is 1.36. The van der Waals surface area contributed by atoms with Crippen LogP contribution in [0.2, 0.25) is 0 Å². The highest BCUT2D eigenvalue weighted by molar-refractivity contribution is 5.60. The molecular weight excluding hydrogens is 301 g/mol. The van der Waals surface area contributed by atoms with E-state index >= 15 is 0 Å². The molecule has 0 aliphatic carbocycles. The molecule has 1 aromatic carbocycles. The Morgan fingerprint density at radius 2 is 2.09 bits per heavy atom. The van der Waals surface area contributed by atoms with Crippen LogP contribution in [0.1, 0.15) is 25.7 Å². The Labute approximate surface area is 134 Å². The number of methoxy groups -OCH3 is 1. The van der Waals surface area contributed by atoms with Crippen molar-refractivity contribution in [1.29, 1.82) is 0 Å². The van der Waals surface area contributed by atoms with Crippen LogP contribution < -0.4 is 15.0 Å². The highest BCUT2D eigenvalue weighted by atomic mass is 19.1. The second-order valence-corrected chi connectivity index (χ2v) is 6.26. The number of rotatable bonds is 4. The van der Waals surface area contributed by atoms with Crippen molar-refractivity contribution < 1.29 is 14.1 Å². The number of nitrogens with zero attached hydrogens (tertiary/aromatic N) is 2. The van der Waals surface area contributed by atoms with E-state index in [1.54, 1.807) is 0 Å². The predicted octanol–water partition coefficient (Wildman–Crippen LogP) is 2.71. The summed E-state index contributed by atoms with van der Waals surface area (Å²) in [5, 5.41) is 14.5. The van der Waals surface area contributed by atoms with Crippen LogP contribution in [0.3, 0.4) is 0 Å². The van der Waals surface area contributed by atoms with Gasteiger partial charge in [-0.25, -0.2) is 4.39 Å². The molecule has 2 aliphatic heterocycles. The first-order chi connectivity index (χ1) is 11.1. The van der Waals surface area contributed by atoms with E-state index < -0.39 is 10.7 Å². The van der Waals surface area contributed by atoms with Gasteiger partial charge < -0.3 is 15.0 Å². The molecular formula is C16H22FN3O3. The first-order valence-electron chi connectivity index (χ1n) is 8.10. The molecule has 0 spiro atoms. The third kappa shape index (κ3) is 3.24. The highest BCUT2D eigenvalue weighted by Gasteiger charge is 2.30. The van der Waals surface area contributed by atoms with E-state index in [1.165, 1.54) is 26.0 Å². The zero-order valence-electron chi connectivity index (χ0n) is 13.3. The third-order valence-corrected chi connectivity index (χ3v) is 4.99. The number of ether oxygens (including phenoxy) is 1. The van der Waals surface area contributed by atoms with E-state index in [0.29, 0.717) is 17.6 Å². The Hall–Kier alpha value is -1.89. The van der Waals surface area contributed by atoms with Crippen LogP contribution in [0, 0.1) is 21.8 Å². The monoisotopic (exact) mass is 323 g/mol. The Morgan fingerprint density at radius 3 is 2.65 bits per heavy atom. The van der Waals surface area contributed by atoms with Crippen molar-refractivity contribution in [1.82, 2.24) is 5.32 Å². The summed E-state index contributed by atoms with van der Waals surface area (Å²) in [4.78, 5) is 12.3. The van der Waals surface area contributed by atoms with Gasteiger partial charge in [-0.1, -0.05) is 0 Å². The Balaban J connectivity index is 1.73. The third-order valence-electron chi connectivity index (χ3n) is 4.99. The number of nitrogens with one attached hydrogen (secondary N) is 1. The summed E-state index contributed by atoms with van der Waals surface area (Å²) in [6.45, 7) is 2.63. The number of hydrogen-bond donors (Lipinski definition) is 1. The number of nitro groups is 1. The van der Waals surface area contributed by atoms with Gasteiger partial charge in [0.15, 0.2) is 11.6 Å². The first kappa shape index (κ1) is 16.0. The van der Waals surface area contributed by atoms with Gasteiger partial charge in [-0.2, -0.15) is 0 Å². The van der Waals surface area contributed by atoms with Gasteiger partial charge in [0.05, 0.1) is 23.8 Å². The number of piperidine rings is 1. The van der Waals surface area contributed by atoms with Gasteiger partial charge in [-0.05, 0) is 38.1 Å². The summed E-state index contributed by atoms with van der Waals surface area (Å²) in [5.74, 6) is 0.178. The maximum atomic E-state index is 14.3. The lowest BCUT2D eigenvalue weighted by Crippen LogP contribution is -2.41. The molecule has 23 heavy (non-hydrogen) atoms. The summed E-state index contributed by atoms with van der Waals surface area (Å²) in [6, 6.07) is 2.99. The van der Waals surface area contributed by atoms with Gasteiger partial charge in [0.25, 0.3) is 0 Å². The molecule has 6 nitrogen and oxygen atoms in total. The maximum absolute atomic E-state index is 14.3. The van der Waals surface area contributed by atoms with Crippen molar-refractivity contribution in [2.75, 3.05) is 31.6 Å². The van der Waals surface area contributed by atoms with Crippen molar-refractivity contribution in [3.63, 3.8) is 0 Å². The molecule has 0 aromatic heterocycles. The van der Waals surface area contributed by atoms with Gasteiger partial charge >= 0.3 is 5.69 Å². The van der Waals surface area contributed by atoms with Crippen molar-refractivity contribution in [2.45, 2.75) is 31.7 Å². The lowest BCUT2D eigenvalue weighted by Gasteiger charge is -2.36. The van der Waals surface area contributed by atoms with Crippen LogP contribution in [0.15, 0.2) is 12.1 Å². The van der Waals surface area contributed by atoms with Crippen molar-refractivity contribution in [3.8, 4) is 5.75 Å². The summed E-state index contributed by atoms with van der Waals surface area (Å²) < 4.78 is 19.3. The quantitative estimate of drug-likeness (QED) is 0.681. The van der Waals surface area contributed by atoms with E-state index in [9.17, 15) is 14.5 Å². The second-order valence-electron chi connectivity index (χ2n) is 6.26. The normalized spacial score (nSPS) is 22.3. The fourth-order valence-electron chi connectivity index (χ4n) is 3.74. The Kier molecular flexibility index (Phi) is 4.66. The molecule has 1 aromatic rings. The van der Waals surface area contributed by atoms with E-state index in [4.69, 9.17) is 4.74 Å². The number of benzene rings is 1. The van der Waals surface area contributed by atoms with E-state index in [-0.39, 0.29) is 11.4 Å². The molecule has 126 valence electrons. The molecule has 7 heteroatoms. The van der Waals surface area contributed by atoms with Gasteiger partial charge in [0.2, 0.25) is 0 Å². The van der Waals surface area contributed by atoms with Crippen LogP contribution in [0.4, 0.5) is 15.8 Å². The molecule has 3 rings (SSSR count).